The molecule has 0 atom stereocenters. The van der Waals surface area contributed by atoms with Gasteiger partial charge in [-0.3, -0.25) is 0 Å². The summed E-state index contributed by atoms with van der Waals surface area (Å²) in [6.07, 6.45) is 0. The zero-order valence-electron chi connectivity index (χ0n) is 9.80. The number of urea groups is 1. The molecule has 8 nitrogen and oxygen atoms in total. The second-order valence-electron chi connectivity index (χ2n) is 3.01. The van der Waals surface area contributed by atoms with E-state index in [1.54, 1.807) is 0 Å². The molecule has 0 radical (unpaired) electrons. The van der Waals surface area contributed by atoms with Crippen molar-refractivity contribution in [3.05, 3.63) is 6.07 Å². The second kappa shape index (κ2) is 6.58. The van der Waals surface area contributed by atoms with Crippen molar-refractivity contribution in [2.45, 2.75) is 13.2 Å². The van der Waals surface area contributed by atoms with Gasteiger partial charge in [0.1, 0.15) is 0 Å². The maximum absolute atomic E-state index is 12.0. The molecule has 0 saturated heterocycles. The summed E-state index contributed by atoms with van der Waals surface area (Å²) in [5.41, 5.74) is 4.83. The maximum Gasteiger partial charge on any atom is 0.388 e. The number of carbonyl (C=O) groups is 1. The molecule has 112 valence electrons. The van der Waals surface area contributed by atoms with Gasteiger partial charge in [-0.05, 0) is 0 Å². The van der Waals surface area contributed by atoms with E-state index in [0.717, 1.165) is 7.05 Å². The molecule has 1 heterocycles. The summed E-state index contributed by atoms with van der Waals surface area (Å²) in [4.78, 5) is 21.9. The Morgan fingerprint density at radius 2 is 1.65 bits per heavy atom. The molecule has 2 N–H and O–H groups in total. The fourth-order valence-corrected chi connectivity index (χ4v) is 0.895. The van der Waals surface area contributed by atoms with Gasteiger partial charge in [-0.25, -0.2) is 4.79 Å². The topological polar surface area (TPSA) is 99.8 Å². The first-order valence-corrected chi connectivity index (χ1v) is 4.77. The van der Waals surface area contributed by atoms with Crippen LogP contribution in [0.2, 0.25) is 0 Å². The Hall–Kier alpha value is -2.53. The number of carbonyl (C=O) groups excluding carboxylic acids is 1. The molecule has 1 aromatic rings. The molecule has 0 spiro atoms. The summed E-state index contributed by atoms with van der Waals surface area (Å²) in [5, 5.41) is 0.438. The number of hydrogen-bond donors (Lipinski definition) is 1. The molecule has 0 unspecified atom stereocenters. The third kappa shape index (κ3) is 4.99. The predicted octanol–water partition coefficient (Wildman–Crippen LogP) is 0.984. The predicted molar refractivity (Wildman–Crippen MR) is 53.3 cm³/mol. The van der Waals surface area contributed by atoms with Gasteiger partial charge in [-0.2, -0.15) is 32.6 Å². The number of hydroxylamine groups is 2. The number of amides is 2. The Kier molecular flexibility index (Phi) is 5.11. The van der Waals surface area contributed by atoms with Crippen LogP contribution in [0.3, 0.4) is 0 Å². The fraction of sp³-hybridized carbons (Fsp3) is 0.375. The molecular weight excluding hydrogens is 292 g/mol. The average Bonchev–Trinajstić information content (AvgIpc) is 2.25. The monoisotopic (exact) mass is 300 g/mol. The normalized spacial score (nSPS) is 10.6. The lowest BCUT2D eigenvalue weighted by atomic mass is 10.6. The van der Waals surface area contributed by atoms with Crippen molar-refractivity contribution in [1.82, 2.24) is 15.0 Å². The van der Waals surface area contributed by atoms with Gasteiger partial charge >= 0.3 is 25.3 Å². The van der Waals surface area contributed by atoms with Gasteiger partial charge in [-0.1, -0.05) is 0 Å². The summed E-state index contributed by atoms with van der Waals surface area (Å²) in [7, 11) is 1.06. The highest BCUT2D eigenvalue weighted by molar-refractivity contribution is 5.70. The van der Waals surface area contributed by atoms with Crippen molar-refractivity contribution in [3.63, 3.8) is 0 Å². The van der Waals surface area contributed by atoms with Gasteiger partial charge < -0.3 is 20.0 Å². The zero-order chi connectivity index (χ0) is 15.3. The molecule has 0 saturated carbocycles. The Morgan fingerprint density at radius 1 is 1.20 bits per heavy atom. The molecule has 0 fully saturated rings. The van der Waals surface area contributed by atoms with Gasteiger partial charge in [0.15, 0.2) is 0 Å². The largest absolute Gasteiger partial charge is 0.417 e. The van der Waals surface area contributed by atoms with Crippen molar-refractivity contribution < 1.29 is 36.7 Å². The first kappa shape index (κ1) is 15.5. The fourth-order valence-electron chi connectivity index (χ4n) is 0.895. The Morgan fingerprint density at radius 3 is 2.00 bits per heavy atom. The van der Waals surface area contributed by atoms with E-state index < -0.39 is 37.0 Å². The molecule has 0 aromatic carbocycles. The molecule has 0 aliphatic rings. The average molecular weight is 300 g/mol. The van der Waals surface area contributed by atoms with Crippen molar-refractivity contribution in [3.8, 4) is 17.8 Å². The lowest BCUT2D eigenvalue weighted by Crippen LogP contribution is -2.35. The number of hydrogen-bond acceptors (Lipinski definition) is 6. The summed E-state index contributed by atoms with van der Waals surface area (Å²) in [6.45, 7) is -6.52. The van der Waals surface area contributed by atoms with Crippen LogP contribution in [0.4, 0.5) is 22.4 Å². The first-order valence-electron chi connectivity index (χ1n) is 4.77. The van der Waals surface area contributed by atoms with E-state index >= 15 is 0 Å². The van der Waals surface area contributed by atoms with E-state index in [9.17, 15) is 22.4 Å². The number of nitrogens with two attached hydrogens (primary N) is 1. The molecule has 0 aliphatic heterocycles. The van der Waals surface area contributed by atoms with Crippen LogP contribution >= 0.6 is 0 Å². The highest BCUT2D eigenvalue weighted by Gasteiger charge is 2.16. The zero-order valence-corrected chi connectivity index (χ0v) is 9.80. The van der Waals surface area contributed by atoms with Crippen molar-refractivity contribution >= 4 is 6.03 Å². The quantitative estimate of drug-likeness (QED) is 0.621. The summed E-state index contributed by atoms with van der Waals surface area (Å²) < 4.78 is 56.0. The van der Waals surface area contributed by atoms with Crippen molar-refractivity contribution in [1.29, 1.82) is 0 Å². The molecule has 0 aliphatic carbocycles. The van der Waals surface area contributed by atoms with Crippen LogP contribution in [0.25, 0.3) is 0 Å². The summed E-state index contributed by atoms with van der Waals surface area (Å²) >= 11 is 0. The van der Waals surface area contributed by atoms with Crippen LogP contribution in [-0.4, -0.2) is 41.3 Å². The molecule has 1 aromatic heterocycles. The summed E-state index contributed by atoms with van der Waals surface area (Å²) in [6, 6.07) is -1.22. The van der Waals surface area contributed by atoms with E-state index in [1.807, 2.05) is 0 Å². The molecule has 12 heteroatoms. The highest BCUT2D eigenvalue weighted by Crippen LogP contribution is 2.22. The van der Waals surface area contributed by atoms with Gasteiger partial charge in [0.05, 0.1) is 13.1 Å². The number of rotatable bonds is 6. The van der Waals surface area contributed by atoms with Crippen LogP contribution in [0.15, 0.2) is 6.07 Å². The maximum atomic E-state index is 12.0. The van der Waals surface area contributed by atoms with Crippen LogP contribution in [0.5, 0.6) is 17.8 Å². The SMILES string of the molecule is CN(Oc1nc(OC(F)F)cc(OC(F)F)n1)C(N)=O. The van der Waals surface area contributed by atoms with Gasteiger partial charge in [-0.15, -0.1) is 0 Å². The number of ether oxygens (including phenoxy) is 2. The summed E-state index contributed by atoms with van der Waals surface area (Å²) in [5.74, 6) is -1.59. The smallest absolute Gasteiger partial charge is 0.388 e. The van der Waals surface area contributed by atoms with Crippen LogP contribution in [0, 0.1) is 0 Å². The van der Waals surface area contributed by atoms with Gasteiger partial charge in [0.25, 0.3) is 0 Å². The number of aromatic nitrogens is 2. The van der Waals surface area contributed by atoms with E-state index in [4.69, 9.17) is 5.73 Å². The van der Waals surface area contributed by atoms with Gasteiger partial charge in [0, 0.05) is 0 Å². The van der Waals surface area contributed by atoms with Crippen LogP contribution in [-0.2, 0) is 0 Å². The van der Waals surface area contributed by atoms with E-state index in [1.165, 1.54) is 0 Å². The number of halogens is 4. The van der Waals surface area contributed by atoms with Crippen LogP contribution < -0.4 is 20.0 Å². The van der Waals surface area contributed by atoms with E-state index in [2.05, 4.69) is 24.3 Å². The highest BCUT2D eigenvalue weighted by atomic mass is 19.3. The standard InChI is InChI=1S/C8H8F4N4O4/c1-16(7(13)17)20-8-14-3(18-5(9)10)2-4(15-8)19-6(11)12/h2,5-6H,1H3,(H2,13,17). The third-order valence-corrected chi connectivity index (χ3v) is 1.61. The second-order valence-corrected chi connectivity index (χ2v) is 3.01. The third-order valence-electron chi connectivity index (χ3n) is 1.61. The lowest BCUT2D eigenvalue weighted by Gasteiger charge is -2.14. The number of primary amides is 1. The minimum Gasteiger partial charge on any atom is -0.417 e. The van der Waals surface area contributed by atoms with E-state index in [0.29, 0.717) is 11.1 Å². The molecule has 1 rings (SSSR count). The van der Waals surface area contributed by atoms with Crippen LogP contribution in [0.1, 0.15) is 0 Å². The minimum absolute atomic E-state index is 0.438. The lowest BCUT2D eigenvalue weighted by molar-refractivity contribution is -0.0611. The molecule has 2 amide bonds. The van der Waals surface area contributed by atoms with E-state index in [-0.39, 0.29) is 0 Å². The number of alkyl halides is 4. The Balaban J connectivity index is 2.99. The Labute approximate surface area is 109 Å². The van der Waals surface area contributed by atoms with Gasteiger partial charge in [0.2, 0.25) is 11.8 Å². The molecular formula is C8H8F4N4O4. The molecule has 0 bridgehead atoms. The van der Waals surface area contributed by atoms with Crippen molar-refractivity contribution in [2.24, 2.45) is 5.73 Å². The first-order chi connectivity index (χ1) is 9.27. The Bertz CT molecular complexity index is 448. The number of nitrogens with zero attached hydrogens (tertiary/aromatic N) is 3. The van der Waals surface area contributed by atoms with Crippen molar-refractivity contribution in [2.75, 3.05) is 7.05 Å². The minimum atomic E-state index is -3.26. The molecule has 20 heavy (non-hydrogen) atoms.